The Balaban J connectivity index is -0.000000107. The summed E-state index contributed by atoms with van der Waals surface area (Å²) in [6.07, 6.45) is 5.55. The first-order valence-electron chi connectivity index (χ1n) is 3.80. The summed E-state index contributed by atoms with van der Waals surface area (Å²) in [4.78, 5) is 10.2. The zero-order chi connectivity index (χ0) is 7.11. The summed E-state index contributed by atoms with van der Waals surface area (Å²) in [5.41, 5.74) is 0. The molecule has 0 radical (unpaired) electrons. The van der Waals surface area contributed by atoms with Crippen LogP contribution in [0.4, 0.5) is 0 Å². The van der Waals surface area contributed by atoms with Gasteiger partial charge in [-0.1, -0.05) is 26.7 Å². The first kappa shape index (κ1) is 13.1. The van der Waals surface area contributed by atoms with Crippen LogP contribution in [-0.2, 0) is 4.79 Å². The van der Waals surface area contributed by atoms with Crippen molar-refractivity contribution in [3.63, 3.8) is 0 Å². The van der Waals surface area contributed by atoms with Crippen LogP contribution < -0.4 is 0 Å². The summed E-state index contributed by atoms with van der Waals surface area (Å²) in [5.74, 6) is 0.324. The molecule has 0 N–H and O–H groups in total. The van der Waals surface area contributed by atoms with Crippen molar-refractivity contribution in [3.8, 4) is 0 Å². The van der Waals surface area contributed by atoms with Crippen LogP contribution in [0.3, 0.4) is 0 Å². The molecule has 58 valence electrons. The van der Waals surface area contributed by atoms with Crippen molar-refractivity contribution in [1.29, 1.82) is 0 Å². The molecule has 2 heteroatoms. The second-order valence-electron chi connectivity index (χ2n) is 2.45. The molecule has 0 amide bonds. The molecule has 0 aromatic heterocycles. The predicted octanol–water partition coefficient (Wildman–Crippen LogP) is 2.25. The van der Waals surface area contributed by atoms with E-state index in [0.29, 0.717) is 5.92 Å². The minimum Gasteiger partial charge on any atom is -1.00 e. The summed E-state index contributed by atoms with van der Waals surface area (Å²) in [7, 11) is 0. The van der Waals surface area contributed by atoms with Gasteiger partial charge in [-0.2, -0.15) is 0 Å². The molecule has 1 unspecified atom stereocenters. The van der Waals surface area contributed by atoms with E-state index in [1.807, 2.05) is 0 Å². The number of hydrogen-bond donors (Lipinski definition) is 0. The molecule has 0 rings (SSSR count). The molecule has 0 aliphatic carbocycles. The Morgan fingerprint density at radius 3 is 2.40 bits per heavy atom. The van der Waals surface area contributed by atoms with Crippen molar-refractivity contribution in [2.24, 2.45) is 5.92 Å². The Labute approximate surface area is 82.7 Å². The molecule has 0 aliphatic rings. The molecule has 0 aromatic carbocycles. The third kappa shape index (κ3) is 6.55. The number of rotatable bonds is 5. The van der Waals surface area contributed by atoms with E-state index < -0.39 is 0 Å². The van der Waals surface area contributed by atoms with E-state index in [1.54, 1.807) is 0 Å². The van der Waals surface area contributed by atoms with Crippen LogP contribution in [0.25, 0.3) is 0 Å². The minimum atomic E-state index is 0. The Hall–Kier alpha value is 0.436. The van der Waals surface area contributed by atoms with Gasteiger partial charge in [0.05, 0.1) is 0 Å². The van der Waals surface area contributed by atoms with Crippen LogP contribution in [0.15, 0.2) is 0 Å². The Bertz CT molecular complexity index is 81.5. The smallest absolute Gasteiger partial charge is 1.00 e. The van der Waals surface area contributed by atoms with E-state index in [4.69, 9.17) is 0 Å². The average molecular weight is 155 g/mol. The average Bonchev–Trinajstić information content (AvgIpc) is 1.91. The van der Waals surface area contributed by atoms with Crippen LogP contribution in [0.1, 0.15) is 42.4 Å². The quantitative estimate of drug-likeness (QED) is 0.439. The van der Waals surface area contributed by atoms with E-state index in [1.165, 1.54) is 12.8 Å². The van der Waals surface area contributed by atoms with Gasteiger partial charge in [0.25, 0.3) is 0 Å². The van der Waals surface area contributed by atoms with Crippen molar-refractivity contribution < 1.29 is 7.65 Å². The minimum absolute atomic E-state index is 0. The normalized spacial score (nSPS) is 11.8. The molecule has 1 atom stereocenters. The van der Waals surface area contributed by atoms with Crippen LogP contribution >= 0.6 is 0 Å². The fourth-order valence-electron chi connectivity index (χ4n) is 0.835. The summed E-state index contributed by atoms with van der Waals surface area (Å²) < 4.78 is 0. The van der Waals surface area contributed by atoms with Crippen LogP contribution in [0.2, 0.25) is 0 Å². The molecule has 0 heterocycles. The number of hydrogen-bond acceptors (Lipinski definition) is 1. The van der Waals surface area contributed by atoms with Crippen LogP contribution in [-0.4, -0.2) is 29.3 Å². The van der Waals surface area contributed by atoms with Gasteiger partial charge in [0.15, 0.2) is 0 Å². The summed E-state index contributed by atoms with van der Waals surface area (Å²) in [5, 5.41) is 0. The number of carbonyl (C=O) groups excluding carboxylic acids is 1. The molecule has 1 nitrogen and oxygen atoms in total. The van der Waals surface area contributed by atoms with E-state index in [2.05, 4.69) is 13.8 Å². The molecule has 0 fully saturated rings. The molecule has 0 saturated heterocycles. The standard InChI is InChI=1S/C8H16O.Mg.2H/c1-3-5-6-8(4-2)7-9;;;/h7-8H,3-6H2,1-2H3;;;/q;+2;2*-1. The molecule has 0 saturated carbocycles. The fraction of sp³-hybridized carbons (Fsp3) is 0.875. The van der Waals surface area contributed by atoms with E-state index >= 15 is 0 Å². The maximum absolute atomic E-state index is 10.2. The van der Waals surface area contributed by atoms with Crippen molar-refractivity contribution in [2.75, 3.05) is 0 Å². The Morgan fingerprint density at radius 1 is 1.50 bits per heavy atom. The van der Waals surface area contributed by atoms with Crippen molar-refractivity contribution in [3.05, 3.63) is 0 Å². The maximum atomic E-state index is 10.2. The Kier molecular flexibility index (Phi) is 12.3. The molecular weight excluding hydrogens is 136 g/mol. The molecule has 0 bridgehead atoms. The predicted molar refractivity (Wildman–Crippen MR) is 47.3 cm³/mol. The molecule has 0 aliphatic heterocycles. The summed E-state index contributed by atoms with van der Waals surface area (Å²) in [6.45, 7) is 4.21. The van der Waals surface area contributed by atoms with E-state index in [0.717, 1.165) is 19.1 Å². The van der Waals surface area contributed by atoms with Gasteiger partial charge >= 0.3 is 23.1 Å². The topological polar surface area (TPSA) is 17.1 Å². The zero-order valence-corrected chi connectivity index (χ0v) is 8.51. The van der Waals surface area contributed by atoms with Gasteiger partial charge in [0.2, 0.25) is 0 Å². The first-order valence-corrected chi connectivity index (χ1v) is 3.80. The molecule has 0 aromatic rings. The van der Waals surface area contributed by atoms with Gasteiger partial charge in [-0.3, -0.25) is 0 Å². The molecular formula is C8H18MgO. The van der Waals surface area contributed by atoms with Gasteiger partial charge in [0, 0.05) is 5.92 Å². The maximum Gasteiger partial charge on any atom is 2.00 e. The van der Waals surface area contributed by atoms with Gasteiger partial charge in [-0.05, 0) is 12.8 Å². The largest absolute Gasteiger partial charge is 2.00 e. The second-order valence-corrected chi connectivity index (χ2v) is 2.45. The third-order valence-corrected chi connectivity index (χ3v) is 1.65. The molecule has 0 spiro atoms. The SMILES string of the molecule is CCCCC(C=O)CC.[H-].[H-].[Mg+2]. The van der Waals surface area contributed by atoms with Gasteiger partial charge < -0.3 is 7.65 Å². The van der Waals surface area contributed by atoms with Crippen LogP contribution in [0.5, 0.6) is 0 Å². The number of carbonyl (C=O) groups is 1. The Morgan fingerprint density at radius 2 is 2.10 bits per heavy atom. The zero-order valence-electron chi connectivity index (χ0n) is 9.10. The number of aldehydes is 1. The van der Waals surface area contributed by atoms with E-state index in [9.17, 15) is 4.79 Å². The molecule has 10 heavy (non-hydrogen) atoms. The summed E-state index contributed by atoms with van der Waals surface area (Å²) >= 11 is 0. The van der Waals surface area contributed by atoms with Gasteiger partial charge in [-0.25, -0.2) is 0 Å². The second kappa shape index (κ2) is 9.44. The van der Waals surface area contributed by atoms with Gasteiger partial charge in [0.1, 0.15) is 6.29 Å². The summed E-state index contributed by atoms with van der Waals surface area (Å²) in [6, 6.07) is 0. The van der Waals surface area contributed by atoms with E-state index in [-0.39, 0.29) is 25.9 Å². The fourth-order valence-corrected chi connectivity index (χ4v) is 0.835. The van der Waals surface area contributed by atoms with Crippen molar-refractivity contribution in [1.82, 2.24) is 0 Å². The van der Waals surface area contributed by atoms with Crippen molar-refractivity contribution in [2.45, 2.75) is 39.5 Å². The number of unbranched alkanes of at least 4 members (excludes halogenated alkanes) is 1. The monoisotopic (exact) mass is 154 g/mol. The van der Waals surface area contributed by atoms with Gasteiger partial charge in [-0.15, -0.1) is 0 Å². The van der Waals surface area contributed by atoms with Crippen LogP contribution in [0, 0.1) is 5.92 Å². The first-order chi connectivity index (χ1) is 4.35. The third-order valence-electron chi connectivity index (χ3n) is 1.65. The van der Waals surface area contributed by atoms with Crippen molar-refractivity contribution >= 4 is 29.3 Å².